The van der Waals surface area contributed by atoms with Crippen molar-refractivity contribution in [2.24, 2.45) is 0 Å². The summed E-state index contributed by atoms with van der Waals surface area (Å²) in [6, 6.07) is 7.25. The average Bonchev–Trinajstić information content (AvgIpc) is 2.66. The van der Waals surface area contributed by atoms with Crippen LogP contribution in [0.2, 0.25) is 0 Å². The molecule has 0 aliphatic heterocycles. The largest absolute Gasteiger partial charge is 0.495 e. The second-order valence-electron chi connectivity index (χ2n) is 5.38. The number of hydrogen-bond acceptors (Lipinski definition) is 7. The van der Waals surface area contributed by atoms with Crippen molar-refractivity contribution >= 4 is 27.4 Å². The maximum absolute atomic E-state index is 13.2. The highest BCUT2D eigenvalue weighted by Crippen LogP contribution is 2.35. The molecular formula is C17H17FN2O7S. The molecule has 0 saturated carbocycles. The lowest BCUT2D eigenvalue weighted by Gasteiger charge is -2.25. The lowest BCUT2D eigenvalue weighted by molar-refractivity contribution is -0.384. The number of non-ortho nitro benzene ring substituents is 1. The van der Waals surface area contributed by atoms with Gasteiger partial charge in [-0.15, -0.1) is 0 Å². The van der Waals surface area contributed by atoms with Crippen LogP contribution in [0, 0.1) is 15.9 Å². The number of esters is 1. The molecule has 0 spiro atoms. The monoisotopic (exact) mass is 412 g/mol. The molecule has 0 saturated heterocycles. The molecule has 0 fully saturated rings. The number of benzene rings is 2. The Hall–Kier alpha value is -3.21. The first-order valence-electron chi connectivity index (χ1n) is 7.97. The van der Waals surface area contributed by atoms with Crippen LogP contribution in [0.1, 0.15) is 6.92 Å². The average molecular weight is 412 g/mol. The number of nitro benzene ring substituents is 1. The van der Waals surface area contributed by atoms with E-state index in [9.17, 15) is 27.7 Å². The summed E-state index contributed by atoms with van der Waals surface area (Å²) in [4.78, 5) is 22.1. The van der Waals surface area contributed by atoms with Crippen LogP contribution in [0.4, 0.5) is 15.8 Å². The molecule has 2 rings (SSSR count). The number of halogens is 1. The Morgan fingerprint density at radius 3 is 2.39 bits per heavy atom. The minimum Gasteiger partial charge on any atom is -0.495 e. The predicted molar refractivity (Wildman–Crippen MR) is 97.2 cm³/mol. The fourth-order valence-electron chi connectivity index (χ4n) is 2.34. The Bertz CT molecular complexity index is 978. The third-order valence-electron chi connectivity index (χ3n) is 3.62. The van der Waals surface area contributed by atoms with Gasteiger partial charge in [0.25, 0.3) is 15.7 Å². The Kier molecular flexibility index (Phi) is 6.52. The Labute approximate surface area is 160 Å². The van der Waals surface area contributed by atoms with Gasteiger partial charge in [0.05, 0.1) is 23.5 Å². The third kappa shape index (κ3) is 4.55. The van der Waals surface area contributed by atoms with Gasteiger partial charge in [-0.3, -0.25) is 19.2 Å². The second kappa shape index (κ2) is 8.65. The van der Waals surface area contributed by atoms with E-state index < -0.39 is 39.0 Å². The van der Waals surface area contributed by atoms with Gasteiger partial charge in [0.1, 0.15) is 23.8 Å². The fraction of sp³-hybridized carbons (Fsp3) is 0.235. The van der Waals surface area contributed by atoms with E-state index in [1.54, 1.807) is 6.92 Å². The molecule has 0 N–H and O–H groups in total. The Morgan fingerprint density at radius 2 is 1.86 bits per heavy atom. The van der Waals surface area contributed by atoms with Crippen molar-refractivity contribution in [2.45, 2.75) is 11.8 Å². The molecule has 0 aliphatic carbocycles. The van der Waals surface area contributed by atoms with Gasteiger partial charge in [0.2, 0.25) is 0 Å². The van der Waals surface area contributed by atoms with Crippen LogP contribution in [0.25, 0.3) is 0 Å². The smallest absolute Gasteiger partial charge is 0.326 e. The number of nitrogens with zero attached hydrogens (tertiary/aromatic N) is 2. The molecule has 0 radical (unpaired) electrons. The summed E-state index contributed by atoms with van der Waals surface area (Å²) >= 11 is 0. The summed E-state index contributed by atoms with van der Waals surface area (Å²) in [5.74, 6) is -1.54. The molecule has 0 bridgehead atoms. The molecule has 9 nitrogen and oxygen atoms in total. The van der Waals surface area contributed by atoms with Crippen LogP contribution < -0.4 is 9.04 Å². The van der Waals surface area contributed by atoms with Crippen LogP contribution in [0.5, 0.6) is 5.75 Å². The minimum absolute atomic E-state index is 0.00927. The number of sulfonamides is 1. The molecule has 0 unspecified atom stereocenters. The first kappa shape index (κ1) is 21.1. The van der Waals surface area contributed by atoms with Gasteiger partial charge in [-0.1, -0.05) is 0 Å². The number of ether oxygens (including phenoxy) is 2. The summed E-state index contributed by atoms with van der Waals surface area (Å²) in [5.41, 5.74) is -0.631. The summed E-state index contributed by atoms with van der Waals surface area (Å²) in [6.07, 6.45) is 0. The zero-order chi connectivity index (χ0) is 20.9. The van der Waals surface area contributed by atoms with E-state index in [2.05, 4.69) is 0 Å². The van der Waals surface area contributed by atoms with Gasteiger partial charge in [0, 0.05) is 12.1 Å². The van der Waals surface area contributed by atoms with E-state index in [-0.39, 0.29) is 22.9 Å². The van der Waals surface area contributed by atoms with Crippen molar-refractivity contribution < 1.29 is 32.0 Å². The third-order valence-corrected chi connectivity index (χ3v) is 5.40. The SMILES string of the molecule is CCOC(=O)CN(c1cc([N+](=O)[O-])ccc1OC)S(=O)(=O)c1ccc(F)cc1. The summed E-state index contributed by atoms with van der Waals surface area (Å²) in [6.45, 7) is 0.797. The van der Waals surface area contributed by atoms with Crippen LogP contribution in [0.3, 0.4) is 0 Å². The van der Waals surface area contributed by atoms with Crippen LogP contribution >= 0.6 is 0 Å². The summed E-state index contributed by atoms with van der Waals surface area (Å²) in [7, 11) is -3.15. The molecule has 0 amide bonds. The molecule has 2 aromatic carbocycles. The Morgan fingerprint density at radius 1 is 1.21 bits per heavy atom. The molecule has 0 aliphatic rings. The van der Waals surface area contributed by atoms with Crippen molar-refractivity contribution in [3.8, 4) is 5.75 Å². The molecule has 150 valence electrons. The molecule has 0 atom stereocenters. The second-order valence-corrected chi connectivity index (χ2v) is 7.25. The van der Waals surface area contributed by atoms with Crippen molar-refractivity contribution in [2.75, 3.05) is 24.6 Å². The number of hydrogen-bond donors (Lipinski definition) is 0. The van der Waals surface area contributed by atoms with Crippen LogP contribution in [-0.2, 0) is 19.6 Å². The van der Waals surface area contributed by atoms with Gasteiger partial charge < -0.3 is 9.47 Å². The van der Waals surface area contributed by atoms with Crippen molar-refractivity contribution in [3.63, 3.8) is 0 Å². The number of carbonyl (C=O) groups is 1. The van der Waals surface area contributed by atoms with Crippen molar-refractivity contribution in [1.29, 1.82) is 0 Å². The van der Waals surface area contributed by atoms with E-state index >= 15 is 0 Å². The van der Waals surface area contributed by atoms with E-state index in [1.807, 2.05) is 0 Å². The summed E-state index contributed by atoms with van der Waals surface area (Å²) < 4.78 is 50.0. The van der Waals surface area contributed by atoms with E-state index in [0.717, 1.165) is 36.4 Å². The number of nitro groups is 1. The number of methoxy groups -OCH3 is 1. The topological polar surface area (TPSA) is 116 Å². The molecule has 0 aromatic heterocycles. The first-order valence-corrected chi connectivity index (χ1v) is 9.41. The summed E-state index contributed by atoms with van der Waals surface area (Å²) in [5, 5.41) is 11.1. The van der Waals surface area contributed by atoms with Crippen LogP contribution in [0.15, 0.2) is 47.4 Å². The maximum atomic E-state index is 13.2. The minimum atomic E-state index is -4.40. The highest BCUT2D eigenvalue weighted by molar-refractivity contribution is 7.92. The van der Waals surface area contributed by atoms with Gasteiger partial charge in [0.15, 0.2) is 0 Å². The highest BCUT2D eigenvalue weighted by Gasteiger charge is 2.31. The predicted octanol–water partition coefficient (Wildman–Crippen LogP) is 2.50. The van der Waals surface area contributed by atoms with Crippen molar-refractivity contribution in [1.82, 2.24) is 0 Å². The maximum Gasteiger partial charge on any atom is 0.326 e. The number of carbonyl (C=O) groups excluding carboxylic acids is 1. The molecular weight excluding hydrogens is 395 g/mol. The normalized spacial score (nSPS) is 11.0. The molecule has 11 heteroatoms. The molecule has 2 aromatic rings. The van der Waals surface area contributed by atoms with Crippen LogP contribution in [-0.4, -0.2) is 39.6 Å². The number of rotatable bonds is 8. The standard InChI is InChI=1S/C17H17FN2O7S/c1-3-27-17(21)11-19(28(24,25)14-7-4-12(18)5-8-14)15-10-13(20(22)23)6-9-16(15)26-2/h4-10H,3,11H2,1-2H3. The van der Waals surface area contributed by atoms with E-state index in [0.29, 0.717) is 4.31 Å². The van der Waals surface area contributed by atoms with Gasteiger partial charge >= 0.3 is 5.97 Å². The highest BCUT2D eigenvalue weighted by atomic mass is 32.2. The quantitative estimate of drug-likeness (QED) is 0.371. The number of anilines is 1. The zero-order valence-electron chi connectivity index (χ0n) is 15.0. The van der Waals surface area contributed by atoms with E-state index in [4.69, 9.17) is 9.47 Å². The lowest BCUT2D eigenvalue weighted by atomic mass is 10.2. The lowest BCUT2D eigenvalue weighted by Crippen LogP contribution is -2.37. The fourth-order valence-corrected chi connectivity index (χ4v) is 3.76. The van der Waals surface area contributed by atoms with Crippen molar-refractivity contribution in [3.05, 3.63) is 58.4 Å². The first-order chi connectivity index (χ1) is 13.2. The molecule has 28 heavy (non-hydrogen) atoms. The zero-order valence-corrected chi connectivity index (χ0v) is 15.8. The molecule has 0 heterocycles. The van der Waals surface area contributed by atoms with E-state index in [1.165, 1.54) is 13.2 Å². The van der Waals surface area contributed by atoms with Gasteiger partial charge in [-0.2, -0.15) is 0 Å². The van der Waals surface area contributed by atoms with Gasteiger partial charge in [-0.05, 0) is 37.3 Å². The Balaban J connectivity index is 2.66. The van der Waals surface area contributed by atoms with Gasteiger partial charge in [-0.25, -0.2) is 12.8 Å².